The quantitative estimate of drug-likeness (QED) is 0.595. The van der Waals surface area contributed by atoms with E-state index >= 15 is 0 Å². The lowest BCUT2D eigenvalue weighted by Crippen LogP contribution is -2.22. The first-order valence-electron chi connectivity index (χ1n) is 11.2. The lowest BCUT2D eigenvalue weighted by molar-refractivity contribution is 0.0902. The molecule has 0 fully saturated rings. The van der Waals surface area contributed by atoms with Crippen molar-refractivity contribution in [2.45, 2.75) is 38.5 Å². The van der Waals surface area contributed by atoms with Crippen LogP contribution in [-0.4, -0.2) is 23.2 Å². The molecule has 166 valence electrons. The van der Waals surface area contributed by atoms with Gasteiger partial charge in [-0.1, -0.05) is 48.5 Å². The molecule has 0 radical (unpaired) electrons. The van der Waals surface area contributed by atoms with Crippen LogP contribution in [0, 0.1) is 0 Å². The van der Waals surface area contributed by atoms with Crippen LogP contribution in [0.3, 0.4) is 0 Å². The van der Waals surface area contributed by atoms with Crippen LogP contribution in [0.5, 0.6) is 0 Å². The number of amides is 2. The molecule has 0 saturated carbocycles. The molecule has 2 N–H and O–H groups in total. The van der Waals surface area contributed by atoms with Gasteiger partial charge in [-0.25, -0.2) is 10.9 Å². The number of carbonyl (C=O) groups is 2. The van der Waals surface area contributed by atoms with Gasteiger partial charge in [-0.15, -0.1) is 0 Å². The van der Waals surface area contributed by atoms with Gasteiger partial charge in [0.2, 0.25) is 0 Å². The number of carbonyl (C=O) groups excluding carboxylic acids is 2. The van der Waals surface area contributed by atoms with E-state index in [1.165, 1.54) is 23.3 Å². The Balaban J connectivity index is 1.24. The third-order valence-electron chi connectivity index (χ3n) is 6.01. The molecule has 5 rings (SSSR count). The van der Waals surface area contributed by atoms with E-state index in [-0.39, 0.29) is 11.5 Å². The van der Waals surface area contributed by atoms with E-state index in [1.54, 1.807) is 0 Å². The van der Waals surface area contributed by atoms with Crippen LogP contribution >= 0.6 is 0 Å². The number of furan rings is 1. The first kappa shape index (κ1) is 20.9. The molecule has 0 saturated heterocycles. The van der Waals surface area contributed by atoms with Crippen LogP contribution in [0.25, 0.3) is 0 Å². The van der Waals surface area contributed by atoms with Crippen LogP contribution in [0.1, 0.15) is 69.0 Å². The largest absolute Gasteiger partial charge is 0.446 e. The minimum atomic E-state index is -0.503. The normalized spacial score (nSPS) is 17.3. The molecule has 1 heterocycles. The number of nitrogens with zero attached hydrogens (tertiary/aromatic N) is 2. The van der Waals surface area contributed by atoms with E-state index in [1.807, 2.05) is 36.4 Å². The molecule has 7 heteroatoms. The van der Waals surface area contributed by atoms with Crippen molar-refractivity contribution in [3.8, 4) is 0 Å². The van der Waals surface area contributed by atoms with Crippen LogP contribution in [0.4, 0.5) is 0 Å². The highest BCUT2D eigenvalue weighted by molar-refractivity contribution is 6.05. The summed E-state index contributed by atoms with van der Waals surface area (Å²) >= 11 is 0. The Labute approximate surface area is 191 Å². The smallest absolute Gasteiger partial charge is 0.307 e. The van der Waals surface area contributed by atoms with Crippen molar-refractivity contribution in [1.82, 2.24) is 10.9 Å². The second-order valence-corrected chi connectivity index (χ2v) is 8.18. The molecule has 7 nitrogen and oxygen atoms in total. The predicted octanol–water partition coefficient (Wildman–Crippen LogP) is 4.22. The third-order valence-corrected chi connectivity index (χ3v) is 6.01. The zero-order valence-electron chi connectivity index (χ0n) is 18.1. The first-order valence-corrected chi connectivity index (χ1v) is 11.2. The number of rotatable bonds is 4. The van der Waals surface area contributed by atoms with Crippen molar-refractivity contribution in [3.63, 3.8) is 0 Å². The van der Waals surface area contributed by atoms with Gasteiger partial charge in [-0.3, -0.25) is 9.59 Å². The second kappa shape index (κ2) is 9.24. The average Bonchev–Trinajstić information content (AvgIpc) is 3.36. The molecule has 0 atom stereocenters. The third kappa shape index (κ3) is 4.48. The number of nitrogens with one attached hydrogen (secondary N) is 2. The fourth-order valence-electron chi connectivity index (χ4n) is 4.36. The van der Waals surface area contributed by atoms with Crippen molar-refractivity contribution >= 4 is 23.2 Å². The molecule has 0 unspecified atom stereocenters. The van der Waals surface area contributed by atoms with Gasteiger partial charge in [0.05, 0.1) is 11.4 Å². The van der Waals surface area contributed by atoms with Crippen LogP contribution in [0.15, 0.2) is 75.3 Å². The molecule has 33 heavy (non-hydrogen) atoms. The Hall–Kier alpha value is -4.00. The monoisotopic (exact) mass is 440 g/mol. The minimum absolute atomic E-state index is 0.0178. The summed E-state index contributed by atoms with van der Waals surface area (Å²) in [6.07, 6.45) is 5.60. The number of hydrogen-bond donors (Lipinski definition) is 2. The predicted molar refractivity (Wildman–Crippen MR) is 125 cm³/mol. The molecule has 3 aromatic rings. The van der Waals surface area contributed by atoms with Crippen molar-refractivity contribution < 1.29 is 14.0 Å². The topological polar surface area (TPSA) is 96.1 Å². The Morgan fingerprint density at radius 3 is 1.58 bits per heavy atom. The van der Waals surface area contributed by atoms with Gasteiger partial charge in [-0.2, -0.15) is 10.2 Å². The summed E-state index contributed by atoms with van der Waals surface area (Å²) in [4.78, 5) is 25.0. The van der Waals surface area contributed by atoms with Gasteiger partial charge in [-0.05, 0) is 61.8 Å². The van der Waals surface area contributed by atoms with E-state index in [0.717, 1.165) is 61.1 Å². The van der Waals surface area contributed by atoms with Crippen molar-refractivity contribution in [3.05, 3.63) is 94.4 Å². The summed E-state index contributed by atoms with van der Waals surface area (Å²) in [6.45, 7) is 0. The Kier molecular flexibility index (Phi) is 5.85. The maximum absolute atomic E-state index is 12.5. The maximum atomic E-state index is 12.5. The highest BCUT2D eigenvalue weighted by Crippen LogP contribution is 2.22. The van der Waals surface area contributed by atoms with Gasteiger partial charge in [0.1, 0.15) is 0 Å². The summed E-state index contributed by atoms with van der Waals surface area (Å²) in [5, 5.41) is 8.62. The maximum Gasteiger partial charge on any atom is 0.307 e. The van der Waals surface area contributed by atoms with Gasteiger partial charge in [0, 0.05) is 11.1 Å². The second-order valence-electron chi connectivity index (χ2n) is 8.18. The highest BCUT2D eigenvalue weighted by Gasteiger charge is 2.19. The average molecular weight is 441 g/mol. The SMILES string of the molecule is O=C(N/N=C1/CCCc2ccccc21)c1ccc(C(=O)N/N=C2/CCCc3ccccc32)o1. The molecular weight excluding hydrogens is 416 g/mol. The molecule has 0 aliphatic heterocycles. The summed E-state index contributed by atoms with van der Waals surface area (Å²) < 4.78 is 5.46. The molecule has 2 amide bonds. The molecule has 2 aliphatic carbocycles. The van der Waals surface area contributed by atoms with E-state index in [0.29, 0.717) is 0 Å². The van der Waals surface area contributed by atoms with Gasteiger partial charge in [0.25, 0.3) is 0 Å². The zero-order valence-corrected chi connectivity index (χ0v) is 18.1. The Morgan fingerprint density at radius 1 is 0.636 bits per heavy atom. The first-order chi connectivity index (χ1) is 16.2. The summed E-state index contributed by atoms with van der Waals surface area (Å²) in [5.41, 5.74) is 11.4. The minimum Gasteiger partial charge on any atom is -0.446 e. The summed E-state index contributed by atoms with van der Waals surface area (Å²) in [5.74, 6) is -0.970. The molecule has 2 aromatic carbocycles. The van der Waals surface area contributed by atoms with Crippen LogP contribution in [0.2, 0.25) is 0 Å². The van der Waals surface area contributed by atoms with Gasteiger partial charge in [0.15, 0.2) is 11.5 Å². The van der Waals surface area contributed by atoms with Gasteiger partial charge < -0.3 is 4.42 Å². The number of aryl methyl sites for hydroxylation is 2. The number of benzene rings is 2. The van der Waals surface area contributed by atoms with E-state index in [9.17, 15) is 9.59 Å². The molecule has 2 aliphatic rings. The molecule has 1 aromatic heterocycles. The lowest BCUT2D eigenvalue weighted by Gasteiger charge is -2.17. The van der Waals surface area contributed by atoms with Crippen molar-refractivity contribution in [2.24, 2.45) is 10.2 Å². The van der Waals surface area contributed by atoms with Gasteiger partial charge >= 0.3 is 11.8 Å². The fraction of sp³-hybridized carbons (Fsp3) is 0.231. The van der Waals surface area contributed by atoms with Crippen LogP contribution < -0.4 is 10.9 Å². The highest BCUT2D eigenvalue weighted by atomic mass is 16.4. The standard InChI is InChI=1S/C26H24N4O3/c31-25(29-27-21-13-5-9-17-7-1-3-11-19(17)21)23-15-16-24(33-23)26(32)30-28-22-14-6-10-18-8-2-4-12-20(18)22/h1-4,7-8,11-12,15-16H,5-6,9-10,13-14H2,(H,29,31)(H,30,32)/b27-21-,28-22-. The Bertz CT molecular complexity index is 1180. The van der Waals surface area contributed by atoms with Crippen molar-refractivity contribution in [2.75, 3.05) is 0 Å². The van der Waals surface area contributed by atoms with Crippen LogP contribution in [-0.2, 0) is 12.8 Å². The number of hydrogen-bond acceptors (Lipinski definition) is 5. The number of fused-ring (bicyclic) bond motifs is 2. The summed E-state index contributed by atoms with van der Waals surface area (Å²) in [7, 11) is 0. The molecule has 0 spiro atoms. The fourth-order valence-corrected chi connectivity index (χ4v) is 4.36. The van der Waals surface area contributed by atoms with E-state index < -0.39 is 11.8 Å². The summed E-state index contributed by atoms with van der Waals surface area (Å²) in [6, 6.07) is 19.1. The molecular formula is C26H24N4O3. The Morgan fingerprint density at radius 2 is 1.09 bits per heavy atom. The number of hydrazone groups is 2. The van der Waals surface area contributed by atoms with E-state index in [2.05, 4.69) is 33.2 Å². The van der Waals surface area contributed by atoms with Crippen molar-refractivity contribution in [1.29, 1.82) is 0 Å². The van der Waals surface area contributed by atoms with E-state index in [4.69, 9.17) is 4.42 Å². The molecule has 0 bridgehead atoms. The lowest BCUT2D eigenvalue weighted by atomic mass is 9.90. The zero-order chi connectivity index (χ0) is 22.6.